The number of aliphatic hydroxyl groups is 1. The molecule has 0 aliphatic heterocycles. The van der Waals surface area contributed by atoms with Crippen LogP contribution in [0, 0.1) is 17.0 Å². The van der Waals surface area contributed by atoms with Gasteiger partial charge in [0.15, 0.2) is 0 Å². The molecule has 0 atom stereocenters. The van der Waals surface area contributed by atoms with E-state index in [0.717, 1.165) is 25.7 Å². The maximum Gasteiger partial charge on any atom is 0.290 e. The molecular weight excluding hydrogens is 246 g/mol. The van der Waals surface area contributed by atoms with Gasteiger partial charge in [0.25, 0.3) is 5.69 Å². The number of hydrogen-bond donors (Lipinski definition) is 2. The standard InChI is InChI=1S/C13H19N3O3/c1-10-11(16(18)19)5-6-12(14-10)15-13(9-17)7-3-2-4-8-13/h5-6,17H,2-4,7-9H2,1H3,(H,14,15). The summed E-state index contributed by atoms with van der Waals surface area (Å²) in [7, 11) is 0. The Bertz CT molecular complexity index is 470. The van der Waals surface area contributed by atoms with Crippen LogP contribution in [-0.2, 0) is 0 Å². The second kappa shape index (κ2) is 5.52. The molecule has 0 unspecified atom stereocenters. The summed E-state index contributed by atoms with van der Waals surface area (Å²) in [5.74, 6) is 0.596. The fourth-order valence-corrected chi connectivity index (χ4v) is 2.64. The summed E-state index contributed by atoms with van der Waals surface area (Å²) in [5, 5.41) is 23.6. The number of anilines is 1. The first-order valence-electron chi connectivity index (χ1n) is 6.57. The Labute approximate surface area is 112 Å². The van der Waals surface area contributed by atoms with Crippen LogP contribution >= 0.6 is 0 Å². The molecule has 1 heterocycles. The zero-order valence-electron chi connectivity index (χ0n) is 11.1. The van der Waals surface area contributed by atoms with Gasteiger partial charge in [0, 0.05) is 6.07 Å². The lowest BCUT2D eigenvalue weighted by molar-refractivity contribution is -0.385. The fourth-order valence-electron chi connectivity index (χ4n) is 2.64. The number of aryl methyl sites for hydroxylation is 1. The second-order valence-corrected chi connectivity index (χ2v) is 5.18. The van der Waals surface area contributed by atoms with Crippen molar-refractivity contribution in [3.63, 3.8) is 0 Å². The first-order valence-corrected chi connectivity index (χ1v) is 6.57. The number of nitro groups is 1. The minimum atomic E-state index is -0.436. The number of pyridine rings is 1. The molecule has 0 spiro atoms. The van der Waals surface area contributed by atoms with E-state index in [1.165, 1.54) is 12.5 Å². The van der Waals surface area contributed by atoms with Crippen molar-refractivity contribution in [2.45, 2.75) is 44.6 Å². The number of nitrogens with one attached hydrogen (secondary N) is 1. The van der Waals surface area contributed by atoms with E-state index in [1.807, 2.05) is 0 Å². The van der Waals surface area contributed by atoms with Crippen LogP contribution in [0.5, 0.6) is 0 Å². The van der Waals surface area contributed by atoms with Gasteiger partial charge in [-0.15, -0.1) is 0 Å². The van der Waals surface area contributed by atoms with Crippen molar-refractivity contribution in [3.05, 3.63) is 27.9 Å². The second-order valence-electron chi connectivity index (χ2n) is 5.18. The van der Waals surface area contributed by atoms with Crippen LogP contribution in [0.2, 0.25) is 0 Å². The van der Waals surface area contributed by atoms with Crippen molar-refractivity contribution in [1.82, 2.24) is 4.98 Å². The Hall–Kier alpha value is -1.69. The molecular formula is C13H19N3O3. The highest BCUT2D eigenvalue weighted by Gasteiger charge is 2.31. The highest BCUT2D eigenvalue weighted by Crippen LogP contribution is 2.31. The molecule has 19 heavy (non-hydrogen) atoms. The number of rotatable bonds is 4. The molecule has 1 aliphatic carbocycles. The molecule has 104 valence electrons. The van der Waals surface area contributed by atoms with E-state index in [9.17, 15) is 15.2 Å². The minimum Gasteiger partial charge on any atom is -0.394 e. The van der Waals surface area contributed by atoms with E-state index in [-0.39, 0.29) is 17.8 Å². The number of aliphatic hydroxyl groups excluding tert-OH is 1. The molecule has 0 aromatic carbocycles. The molecule has 6 heteroatoms. The van der Waals surface area contributed by atoms with Gasteiger partial charge in [-0.05, 0) is 25.8 Å². The maximum absolute atomic E-state index is 10.7. The zero-order chi connectivity index (χ0) is 13.9. The van der Waals surface area contributed by atoms with Crippen molar-refractivity contribution in [2.75, 3.05) is 11.9 Å². The summed E-state index contributed by atoms with van der Waals surface area (Å²) < 4.78 is 0. The molecule has 1 aromatic heterocycles. The van der Waals surface area contributed by atoms with Crippen molar-refractivity contribution >= 4 is 11.5 Å². The molecule has 2 N–H and O–H groups in total. The Morgan fingerprint density at radius 1 is 1.42 bits per heavy atom. The first kappa shape index (κ1) is 13.7. The largest absolute Gasteiger partial charge is 0.394 e. The predicted molar refractivity (Wildman–Crippen MR) is 72.2 cm³/mol. The van der Waals surface area contributed by atoms with E-state index in [4.69, 9.17) is 0 Å². The fraction of sp³-hybridized carbons (Fsp3) is 0.615. The van der Waals surface area contributed by atoms with Crippen LogP contribution in [0.15, 0.2) is 12.1 Å². The van der Waals surface area contributed by atoms with Gasteiger partial charge >= 0.3 is 0 Å². The van der Waals surface area contributed by atoms with Crippen molar-refractivity contribution < 1.29 is 10.0 Å². The smallest absolute Gasteiger partial charge is 0.290 e. The van der Waals surface area contributed by atoms with Crippen LogP contribution in [0.1, 0.15) is 37.8 Å². The summed E-state index contributed by atoms with van der Waals surface area (Å²) in [4.78, 5) is 14.5. The third kappa shape index (κ3) is 3.01. The molecule has 1 saturated carbocycles. The summed E-state index contributed by atoms with van der Waals surface area (Å²) >= 11 is 0. The van der Waals surface area contributed by atoms with Gasteiger partial charge in [-0.25, -0.2) is 4.98 Å². The lowest BCUT2D eigenvalue weighted by atomic mass is 9.82. The number of nitrogens with zero attached hydrogens (tertiary/aromatic N) is 2. The van der Waals surface area contributed by atoms with Gasteiger partial charge < -0.3 is 10.4 Å². The molecule has 0 saturated heterocycles. The molecule has 6 nitrogen and oxygen atoms in total. The Balaban J connectivity index is 2.18. The van der Waals surface area contributed by atoms with Gasteiger partial charge in [-0.2, -0.15) is 0 Å². The molecule has 1 aliphatic rings. The van der Waals surface area contributed by atoms with Gasteiger partial charge in [-0.3, -0.25) is 10.1 Å². The normalized spacial score (nSPS) is 18.0. The maximum atomic E-state index is 10.7. The Morgan fingerprint density at radius 2 is 2.11 bits per heavy atom. The Kier molecular flexibility index (Phi) is 3.99. The topological polar surface area (TPSA) is 88.3 Å². The van der Waals surface area contributed by atoms with Crippen LogP contribution in [0.25, 0.3) is 0 Å². The Morgan fingerprint density at radius 3 is 2.63 bits per heavy atom. The van der Waals surface area contributed by atoms with Crippen molar-refractivity contribution in [1.29, 1.82) is 0 Å². The van der Waals surface area contributed by atoms with Gasteiger partial charge in [0.05, 0.1) is 17.1 Å². The van der Waals surface area contributed by atoms with Crippen LogP contribution in [0.4, 0.5) is 11.5 Å². The molecule has 1 fully saturated rings. The quantitative estimate of drug-likeness (QED) is 0.644. The molecule has 0 amide bonds. The highest BCUT2D eigenvalue weighted by atomic mass is 16.6. The molecule has 0 radical (unpaired) electrons. The van der Waals surface area contributed by atoms with E-state index in [2.05, 4.69) is 10.3 Å². The molecule has 0 bridgehead atoms. The average Bonchev–Trinajstić information content (AvgIpc) is 2.39. The van der Waals surface area contributed by atoms with E-state index in [1.54, 1.807) is 13.0 Å². The van der Waals surface area contributed by atoms with E-state index >= 15 is 0 Å². The predicted octanol–water partition coefficient (Wildman–Crippen LogP) is 2.41. The number of aromatic nitrogens is 1. The summed E-state index contributed by atoms with van der Waals surface area (Å²) in [5.41, 5.74) is 0.0829. The zero-order valence-corrected chi connectivity index (χ0v) is 11.1. The summed E-state index contributed by atoms with van der Waals surface area (Å²) in [6, 6.07) is 3.07. The van der Waals surface area contributed by atoms with Gasteiger partial charge in [0.2, 0.25) is 0 Å². The highest BCUT2D eigenvalue weighted by molar-refractivity contribution is 5.46. The lowest BCUT2D eigenvalue weighted by Crippen LogP contribution is -2.44. The van der Waals surface area contributed by atoms with Crippen molar-refractivity contribution in [2.24, 2.45) is 0 Å². The first-order chi connectivity index (χ1) is 9.06. The third-order valence-corrected chi connectivity index (χ3v) is 3.76. The van der Waals surface area contributed by atoms with Crippen LogP contribution in [0.3, 0.4) is 0 Å². The van der Waals surface area contributed by atoms with Crippen molar-refractivity contribution in [3.8, 4) is 0 Å². The summed E-state index contributed by atoms with van der Waals surface area (Å²) in [6.45, 7) is 1.68. The molecule has 1 aromatic rings. The monoisotopic (exact) mass is 265 g/mol. The SMILES string of the molecule is Cc1nc(NC2(CO)CCCCC2)ccc1[N+](=O)[O-]. The van der Waals surface area contributed by atoms with E-state index < -0.39 is 4.92 Å². The van der Waals surface area contributed by atoms with Crippen LogP contribution < -0.4 is 5.32 Å². The average molecular weight is 265 g/mol. The molecule has 2 rings (SSSR count). The number of hydrogen-bond acceptors (Lipinski definition) is 5. The van der Waals surface area contributed by atoms with Gasteiger partial charge in [0.1, 0.15) is 11.5 Å². The van der Waals surface area contributed by atoms with E-state index in [0.29, 0.717) is 11.5 Å². The third-order valence-electron chi connectivity index (χ3n) is 3.76. The lowest BCUT2D eigenvalue weighted by Gasteiger charge is -2.37. The van der Waals surface area contributed by atoms with Crippen LogP contribution in [-0.4, -0.2) is 27.2 Å². The van der Waals surface area contributed by atoms with Gasteiger partial charge in [-0.1, -0.05) is 19.3 Å². The summed E-state index contributed by atoms with van der Waals surface area (Å²) in [6.07, 6.45) is 5.16. The minimum absolute atomic E-state index is 0.0206.